The number of carbonyl (C=O) groups is 1. The Morgan fingerprint density at radius 2 is 1.75 bits per heavy atom. The van der Waals surface area contributed by atoms with Crippen LogP contribution in [0.25, 0.3) is 11.3 Å². The van der Waals surface area contributed by atoms with Crippen LogP contribution in [0, 0.1) is 5.92 Å². The molecule has 2 heterocycles. The predicted molar refractivity (Wildman–Crippen MR) is 122 cm³/mol. The number of nitrogens with one attached hydrogen (secondary N) is 1. The van der Waals surface area contributed by atoms with Crippen LogP contribution in [0.3, 0.4) is 0 Å². The van der Waals surface area contributed by atoms with E-state index in [4.69, 9.17) is 9.47 Å². The zero-order valence-corrected chi connectivity index (χ0v) is 17.9. The molecule has 1 saturated heterocycles. The van der Waals surface area contributed by atoms with Crippen molar-refractivity contribution in [2.24, 2.45) is 5.92 Å². The van der Waals surface area contributed by atoms with E-state index in [1.807, 2.05) is 60.7 Å². The number of carbonyl (C=O) groups excluding carboxylic acids is 1. The normalized spacial score (nSPS) is 14.1. The van der Waals surface area contributed by atoms with Crippen molar-refractivity contribution in [2.75, 3.05) is 25.1 Å². The minimum Gasteiger partial charge on any atom is -0.459 e. The summed E-state index contributed by atoms with van der Waals surface area (Å²) < 4.78 is 12.2. The van der Waals surface area contributed by atoms with Crippen LogP contribution >= 0.6 is 0 Å². The van der Waals surface area contributed by atoms with Crippen LogP contribution in [0.2, 0.25) is 0 Å². The third-order valence-electron chi connectivity index (χ3n) is 5.55. The van der Waals surface area contributed by atoms with E-state index in [2.05, 4.69) is 10.3 Å². The molecule has 0 radical (unpaired) electrons. The third-order valence-corrected chi connectivity index (χ3v) is 5.55. The molecule has 3 aromatic rings. The summed E-state index contributed by atoms with van der Waals surface area (Å²) in [5.74, 6) is 0.199. The van der Waals surface area contributed by atoms with Crippen molar-refractivity contribution in [1.29, 1.82) is 0 Å². The van der Waals surface area contributed by atoms with Gasteiger partial charge in [0.15, 0.2) is 5.82 Å². The second-order valence-electron chi connectivity index (χ2n) is 7.83. The lowest BCUT2D eigenvalue weighted by molar-refractivity contribution is -0.145. The molecule has 0 unspecified atom stereocenters. The van der Waals surface area contributed by atoms with Crippen LogP contribution in [0.15, 0.2) is 71.7 Å². The maximum absolute atomic E-state index is 13.3. The van der Waals surface area contributed by atoms with Crippen molar-refractivity contribution in [3.05, 3.63) is 82.8 Å². The quantitative estimate of drug-likeness (QED) is 0.548. The lowest BCUT2D eigenvalue weighted by atomic mass is 10.0. The highest BCUT2D eigenvalue weighted by Gasteiger charge is 2.18. The SMILES string of the molecule is O=C(Cn1c(-c2ccccc2)cnc(NCC2CCOCC2)c1=O)OCc1ccccc1. The number of anilines is 1. The summed E-state index contributed by atoms with van der Waals surface area (Å²) >= 11 is 0. The highest BCUT2D eigenvalue weighted by molar-refractivity contribution is 5.71. The highest BCUT2D eigenvalue weighted by atomic mass is 16.5. The van der Waals surface area contributed by atoms with Gasteiger partial charge in [0.1, 0.15) is 13.2 Å². The molecule has 0 aliphatic carbocycles. The maximum atomic E-state index is 13.3. The molecule has 0 bridgehead atoms. The van der Waals surface area contributed by atoms with Gasteiger partial charge in [0.25, 0.3) is 5.56 Å². The van der Waals surface area contributed by atoms with Crippen molar-refractivity contribution in [2.45, 2.75) is 26.0 Å². The summed E-state index contributed by atoms with van der Waals surface area (Å²) in [5.41, 5.74) is 1.94. The molecule has 1 fully saturated rings. The highest BCUT2D eigenvalue weighted by Crippen LogP contribution is 2.19. The van der Waals surface area contributed by atoms with E-state index in [0.717, 1.165) is 37.2 Å². The third kappa shape index (κ3) is 5.62. The van der Waals surface area contributed by atoms with E-state index in [9.17, 15) is 9.59 Å². The molecule has 1 N–H and O–H groups in total. The Balaban J connectivity index is 1.53. The van der Waals surface area contributed by atoms with Crippen molar-refractivity contribution in [3.8, 4) is 11.3 Å². The molecule has 0 amide bonds. The summed E-state index contributed by atoms with van der Waals surface area (Å²) in [5, 5.41) is 3.18. The smallest absolute Gasteiger partial charge is 0.326 e. The number of hydrogen-bond donors (Lipinski definition) is 1. The lowest BCUT2D eigenvalue weighted by Crippen LogP contribution is -2.31. The first kappa shape index (κ1) is 21.8. The summed E-state index contributed by atoms with van der Waals surface area (Å²) in [7, 11) is 0. The fourth-order valence-corrected chi connectivity index (χ4v) is 3.71. The van der Waals surface area contributed by atoms with Gasteiger partial charge in [0, 0.05) is 19.8 Å². The van der Waals surface area contributed by atoms with Gasteiger partial charge in [0.05, 0.1) is 11.9 Å². The monoisotopic (exact) mass is 433 g/mol. The Morgan fingerprint density at radius 1 is 1.06 bits per heavy atom. The second kappa shape index (κ2) is 10.7. The Bertz CT molecular complexity index is 1080. The lowest BCUT2D eigenvalue weighted by Gasteiger charge is -2.22. The second-order valence-corrected chi connectivity index (χ2v) is 7.83. The summed E-state index contributed by atoms with van der Waals surface area (Å²) in [4.78, 5) is 30.2. The van der Waals surface area contributed by atoms with Gasteiger partial charge in [0.2, 0.25) is 0 Å². The minimum absolute atomic E-state index is 0.162. The molecule has 0 spiro atoms. The summed E-state index contributed by atoms with van der Waals surface area (Å²) in [6.45, 7) is 2.10. The number of aromatic nitrogens is 2. The van der Waals surface area contributed by atoms with E-state index in [1.54, 1.807) is 6.20 Å². The van der Waals surface area contributed by atoms with Crippen LogP contribution < -0.4 is 10.9 Å². The van der Waals surface area contributed by atoms with Crippen LogP contribution in [-0.2, 0) is 27.4 Å². The molecule has 0 saturated carbocycles. The number of esters is 1. The summed E-state index contributed by atoms with van der Waals surface area (Å²) in [6, 6.07) is 18.9. The molecule has 32 heavy (non-hydrogen) atoms. The number of rotatable bonds is 8. The molecule has 7 heteroatoms. The van der Waals surface area contributed by atoms with E-state index < -0.39 is 5.97 Å². The van der Waals surface area contributed by atoms with Gasteiger partial charge in [-0.3, -0.25) is 14.2 Å². The molecular weight excluding hydrogens is 406 g/mol. The van der Waals surface area contributed by atoms with Gasteiger partial charge in [-0.15, -0.1) is 0 Å². The van der Waals surface area contributed by atoms with Crippen molar-refractivity contribution >= 4 is 11.8 Å². The predicted octanol–water partition coefficient (Wildman–Crippen LogP) is 3.49. The number of nitrogens with zero attached hydrogens (tertiary/aromatic N) is 2. The van der Waals surface area contributed by atoms with Crippen molar-refractivity contribution in [3.63, 3.8) is 0 Å². The van der Waals surface area contributed by atoms with Gasteiger partial charge < -0.3 is 14.8 Å². The van der Waals surface area contributed by atoms with Crippen molar-refractivity contribution < 1.29 is 14.3 Å². The average molecular weight is 434 g/mol. The molecule has 4 rings (SSSR count). The first-order chi connectivity index (χ1) is 15.7. The number of ether oxygens (including phenoxy) is 2. The first-order valence-corrected chi connectivity index (χ1v) is 10.9. The first-order valence-electron chi connectivity index (χ1n) is 10.9. The van der Waals surface area contributed by atoms with E-state index in [0.29, 0.717) is 18.2 Å². The van der Waals surface area contributed by atoms with Gasteiger partial charge in [-0.25, -0.2) is 4.98 Å². The molecule has 7 nitrogen and oxygen atoms in total. The molecular formula is C25H27N3O4. The van der Waals surface area contributed by atoms with Crippen LogP contribution in [-0.4, -0.2) is 35.3 Å². The van der Waals surface area contributed by atoms with Crippen LogP contribution in [0.5, 0.6) is 0 Å². The van der Waals surface area contributed by atoms with E-state index in [1.165, 1.54) is 4.57 Å². The fourth-order valence-electron chi connectivity index (χ4n) is 3.71. The summed E-state index contributed by atoms with van der Waals surface area (Å²) in [6.07, 6.45) is 3.54. The average Bonchev–Trinajstić information content (AvgIpc) is 2.85. The van der Waals surface area contributed by atoms with Gasteiger partial charge in [-0.05, 0) is 29.9 Å². The van der Waals surface area contributed by atoms with E-state index in [-0.39, 0.29) is 24.5 Å². The Kier molecular flexibility index (Phi) is 7.30. The molecule has 0 atom stereocenters. The molecule has 1 aliphatic rings. The van der Waals surface area contributed by atoms with Gasteiger partial charge in [-0.1, -0.05) is 60.7 Å². The van der Waals surface area contributed by atoms with Crippen molar-refractivity contribution in [1.82, 2.24) is 9.55 Å². The fraction of sp³-hybridized carbons (Fsp3) is 0.320. The number of hydrogen-bond acceptors (Lipinski definition) is 6. The van der Waals surface area contributed by atoms with Crippen LogP contribution in [0.4, 0.5) is 5.82 Å². The topological polar surface area (TPSA) is 82.5 Å². The molecule has 166 valence electrons. The largest absolute Gasteiger partial charge is 0.459 e. The molecule has 1 aromatic heterocycles. The van der Waals surface area contributed by atoms with Gasteiger partial charge >= 0.3 is 5.97 Å². The Labute approximate surface area is 187 Å². The Morgan fingerprint density at radius 3 is 2.47 bits per heavy atom. The molecule has 1 aliphatic heterocycles. The van der Waals surface area contributed by atoms with Gasteiger partial charge in [-0.2, -0.15) is 0 Å². The zero-order chi connectivity index (χ0) is 22.2. The zero-order valence-electron chi connectivity index (χ0n) is 17.9. The minimum atomic E-state index is -0.477. The number of benzene rings is 2. The van der Waals surface area contributed by atoms with E-state index >= 15 is 0 Å². The standard InChI is InChI=1S/C25H27N3O4/c29-23(32-18-20-7-3-1-4-8-20)17-28-22(21-9-5-2-6-10-21)16-27-24(25(28)30)26-15-19-11-13-31-14-12-19/h1-10,16,19H,11-15,17-18H2,(H,26,27). The Hall–Kier alpha value is -3.45. The molecule has 2 aromatic carbocycles. The maximum Gasteiger partial charge on any atom is 0.326 e. The van der Waals surface area contributed by atoms with Crippen LogP contribution in [0.1, 0.15) is 18.4 Å².